The minimum absolute atomic E-state index is 0.114. The minimum atomic E-state index is -2.80. The van der Waals surface area contributed by atoms with Crippen LogP contribution in [0.3, 0.4) is 0 Å². The first-order valence-electron chi connectivity index (χ1n) is 2.11. The van der Waals surface area contributed by atoms with Gasteiger partial charge in [-0.15, -0.1) is 0 Å². The number of amidine groups is 1. The normalized spacial score (nSPS) is 26.5. The van der Waals surface area contributed by atoms with E-state index in [0.717, 1.165) is 0 Å². The van der Waals surface area contributed by atoms with E-state index in [0.29, 0.717) is 0 Å². The second kappa shape index (κ2) is 3.38. The molecule has 0 aromatic heterocycles. The summed E-state index contributed by atoms with van der Waals surface area (Å²) < 4.78 is 10.8. The lowest BCUT2D eigenvalue weighted by Gasteiger charge is -2.11. The molecule has 0 spiro atoms. The molecule has 64 valence electrons. The van der Waals surface area contributed by atoms with Gasteiger partial charge in [0.2, 0.25) is 5.29 Å². The highest BCUT2D eigenvalue weighted by Crippen LogP contribution is 2.77. The Balaban J connectivity index is 3.31. The molecule has 0 radical (unpaired) electrons. The Morgan fingerprint density at radius 2 is 1.55 bits per heavy atom. The predicted molar refractivity (Wildman–Crippen MR) is 55.4 cm³/mol. The molecule has 0 bridgehead atoms. The minimum Gasteiger partial charge on any atom is -0.186 e. The van der Waals surface area contributed by atoms with Gasteiger partial charge in [0.05, 0.1) is 0 Å². The Labute approximate surface area is 87.4 Å². The Hall–Kier alpha value is 1.58. The van der Waals surface area contributed by atoms with Gasteiger partial charge >= 0.3 is 0 Å². The molecule has 0 fully saturated rings. The van der Waals surface area contributed by atoms with Crippen molar-refractivity contribution in [1.29, 1.82) is 0 Å². The Morgan fingerprint density at radius 1 is 1.00 bits per heavy atom. The van der Waals surface area contributed by atoms with Crippen molar-refractivity contribution in [1.82, 2.24) is 0 Å². The Bertz CT molecular complexity index is 298. The summed E-state index contributed by atoms with van der Waals surface area (Å²) in [7, 11) is 0. The zero-order valence-electron chi connectivity index (χ0n) is 4.63. The highest BCUT2D eigenvalue weighted by atomic mass is 35.9. The molecule has 0 N–H and O–H groups in total. The van der Waals surface area contributed by atoms with E-state index in [1.165, 1.54) is 0 Å². The van der Waals surface area contributed by atoms with E-state index in [2.05, 4.69) is 14.0 Å². The fourth-order valence-corrected chi connectivity index (χ4v) is 9.05. The number of rotatable bonds is 0. The highest BCUT2D eigenvalue weighted by Gasteiger charge is 2.24. The number of hydrogen-bond acceptors (Lipinski definition) is 3. The molecule has 0 saturated heterocycles. The third kappa shape index (κ3) is 3.44. The summed E-state index contributed by atoms with van der Waals surface area (Å²) >= 11 is 27.8. The standard InChI is InChI=1S/CCl5N3P2/c2-1-7-10(3,4)9-11(5,6)8-1. The zero-order valence-corrected chi connectivity index (χ0v) is 10.2. The van der Waals surface area contributed by atoms with Crippen LogP contribution in [0.2, 0.25) is 0 Å². The van der Waals surface area contributed by atoms with Crippen LogP contribution in [0.15, 0.2) is 14.0 Å². The molecule has 3 nitrogen and oxygen atoms in total. The summed E-state index contributed by atoms with van der Waals surface area (Å²) in [6.07, 6.45) is 0. The molecule has 1 aliphatic rings. The molecule has 1 heterocycles. The molecule has 10 heteroatoms. The molecule has 0 aromatic carbocycles. The lowest BCUT2D eigenvalue weighted by Crippen LogP contribution is -1.79. The second-order valence-electron chi connectivity index (χ2n) is 1.47. The summed E-state index contributed by atoms with van der Waals surface area (Å²) in [5.74, 6) is -5.59. The first-order chi connectivity index (χ1) is 4.81. The van der Waals surface area contributed by atoms with Crippen molar-refractivity contribution in [2.75, 3.05) is 0 Å². The molecular formula is CCl5N3P2. The van der Waals surface area contributed by atoms with Crippen LogP contribution in [0.5, 0.6) is 0 Å². The Kier molecular flexibility index (Phi) is 3.28. The first kappa shape index (κ1) is 10.7. The van der Waals surface area contributed by atoms with Crippen LogP contribution < -0.4 is 0 Å². The van der Waals surface area contributed by atoms with E-state index in [1.54, 1.807) is 0 Å². The molecular weight excluding hydrogens is 293 g/mol. The quantitative estimate of drug-likeness (QED) is 0.421. The van der Waals surface area contributed by atoms with Crippen molar-refractivity contribution in [3.05, 3.63) is 0 Å². The summed E-state index contributed by atoms with van der Waals surface area (Å²) in [5, 5.41) is -0.114. The second-order valence-corrected chi connectivity index (χ2v) is 11.4. The summed E-state index contributed by atoms with van der Waals surface area (Å²) in [4.78, 5) is 0. The first-order valence-corrected chi connectivity index (χ1v) is 9.50. The van der Waals surface area contributed by atoms with Crippen LogP contribution in [0.1, 0.15) is 0 Å². The maximum atomic E-state index is 5.59. The lowest BCUT2D eigenvalue weighted by molar-refractivity contribution is 1.69. The van der Waals surface area contributed by atoms with Gasteiger partial charge in [0.1, 0.15) is 0 Å². The van der Waals surface area contributed by atoms with E-state index in [9.17, 15) is 0 Å². The lowest BCUT2D eigenvalue weighted by atomic mass is 11.4. The molecule has 0 atom stereocenters. The predicted octanol–water partition coefficient (Wildman–Crippen LogP) is 5.44. The van der Waals surface area contributed by atoms with Gasteiger partial charge in [-0.05, 0) is 56.6 Å². The van der Waals surface area contributed by atoms with Crippen molar-refractivity contribution in [3.63, 3.8) is 0 Å². The monoisotopic (exact) mass is 291 g/mol. The van der Waals surface area contributed by atoms with Gasteiger partial charge in [0.15, 0.2) is 0 Å². The topological polar surface area (TPSA) is 37.1 Å². The van der Waals surface area contributed by atoms with Gasteiger partial charge in [-0.2, -0.15) is 14.0 Å². The number of hydrogen-bond donors (Lipinski definition) is 0. The van der Waals surface area contributed by atoms with Gasteiger partial charge in [0, 0.05) is 0 Å². The van der Waals surface area contributed by atoms with Crippen molar-refractivity contribution in [3.8, 4) is 0 Å². The van der Waals surface area contributed by atoms with Gasteiger partial charge in [0.25, 0.3) is 11.8 Å². The maximum Gasteiger partial charge on any atom is 0.257 e. The molecule has 1 rings (SSSR count). The molecule has 0 unspecified atom stereocenters. The van der Waals surface area contributed by atoms with Gasteiger partial charge < -0.3 is 0 Å². The largest absolute Gasteiger partial charge is 0.257 e. The van der Waals surface area contributed by atoms with Gasteiger partial charge in [-0.3, -0.25) is 0 Å². The van der Waals surface area contributed by atoms with Crippen molar-refractivity contribution < 1.29 is 0 Å². The van der Waals surface area contributed by atoms with Crippen LogP contribution in [-0.2, 0) is 0 Å². The van der Waals surface area contributed by atoms with Crippen LogP contribution in [0.25, 0.3) is 0 Å². The van der Waals surface area contributed by atoms with E-state index >= 15 is 0 Å². The SMILES string of the molecule is ClC1=NP(Cl)(Cl)=NP(Cl)(Cl)=N1. The molecule has 0 amide bonds. The maximum absolute atomic E-state index is 5.59. The van der Waals surface area contributed by atoms with Crippen LogP contribution in [-0.4, -0.2) is 5.29 Å². The van der Waals surface area contributed by atoms with E-state index in [-0.39, 0.29) is 5.29 Å². The third-order valence-corrected chi connectivity index (χ3v) is 6.95. The fourth-order valence-electron chi connectivity index (χ4n) is 0.388. The van der Waals surface area contributed by atoms with Crippen molar-refractivity contribution in [2.24, 2.45) is 14.0 Å². The molecule has 0 aliphatic carbocycles. The van der Waals surface area contributed by atoms with E-state index in [4.69, 9.17) is 56.6 Å². The Morgan fingerprint density at radius 3 is 1.91 bits per heavy atom. The third-order valence-electron chi connectivity index (χ3n) is 0.621. The fraction of sp³-hybridized carbons (Fsp3) is 0. The zero-order chi connectivity index (χ0) is 8.70. The molecule has 1 aliphatic heterocycles. The van der Waals surface area contributed by atoms with Crippen LogP contribution >= 0.6 is 68.4 Å². The summed E-state index contributed by atoms with van der Waals surface area (Å²) in [5.41, 5.74) is 0. The number of halogens is 5. The van der Waals surface area contributed by atoms with E-state index < -0.39 is 11.8 Å². The smallest absolute Gasteiger partial charge is 0.186 e. The summed E-state index contributed by atoms with van der Waals surface area (Å²) in [6.45, 7) is 0. The van der Waals surface area contributed by atoms with Crippen molar-refractivity contribution in [2.45, 2.75) is 0 Å². The molecule has 0 aromatic rings. The summed E-state index contributed by atoms with van der Waals surface area (Å²) in [6, 6.07) is 0. The molecule has 0 saturated carbocycles. The molecule has 11 heavy (non-hydrogen) atoms. The van der Waals surface area contributed by atoms with Crippen molar-refractivity contribution >= 4 is 73.7 Å². The van der Waals surface area contributed by atoms with Crippen LogP contribution in [0.4, 0.5) is 0 Å². The average molecular weight is 293 g/mol. The number of nitrogens with zero attached hydrogens (tertiary/aromatic N) is 3. The van der Waals surface area contributed by atoms with Crippen LogP contribution in [0, 0.1) is 0 Å². The average Bonchev–Trinajstić information content (AvgIpc) is 1.49. The van der Waals surface area contributed by atoms with Gasteiger partial charge in [-0.25, -0.2) is 0 Å². The highest BCUT2D eigenvalue weighted by molar-refractivity contribution is 8.18. The van der Waals surface area contributed by atoms with E-state index in [1.807, 2.05) is 0 Å². The van der Waals surface area contributed by atoms with Gasteiger partial charge in [-0.1, -0.05) is 0 Å².